The summed E-state index contributed by atoms with van der Waals surface area (Å²) in [5.74, 6) is 0.722. The minimum absolute atomic E-state index is 0.0926. The van der Waals surface area contributed by atoms with Gasteiger partial charge in [-0.15, -0.1) is 11.3 Å². The Kier molecular flexibility index (Phi) is 5.60. The van der Waals surface area contributed by atoms with Crippen molar-refractivity contribution in [1.29, 1.82) is 0 Å². The Balaban J connectivity index is 1.28. The first kappa shape index (κ1) is 22.6. The van der Waals surface area contributed by atoms with E-state index in [2.05, 4.69) is 9.88 Å². The number of rotatable bonds is 4. The molecule has 0 saturated carbocycles. The molecule has 35 heavy (non-hydrogen) atoms. The Hall–Kier alpha value is -2.85. The lowest BCUT2D eigenvalue weighted by molar-refractivity contribution is -0.0386. The maximum atomic E-state index is 12.7. The van der Waals surface area contributed by atoms with Crippen LogP contribution in [-0.4, -0.2) is 71.1 Å². The lowest BCUT2D eigenvalue weighted by Crippen LogP contribution is -2.70. The zero-order valence-corrected chi connectivity index (χ0v) is 21.0. The number of amides is 1. The molecular formula is C25H30N4O5S. The van der Waals surface area contributed by atoms with Crippen molar-refractivity contribution in [3.8, 4) is 16.3 Å². The topological polar surface area (TPSA) is 90.2 Å². The predicted molar refractivity (Wildman–Crippen MR) is 132 cm³/mol. The number of hydrogen-bond donors (Lipinski definition) is 0. The van der Waals surface area contributed by atoms with E-state index >= 15 is 0 Å². The van der Waals surface area contributed by atoms with Crippen molar-refractivity contribution in [2.24, 2.45) is 0 Å². The molecule has 1 amide bonds. The summed E-state index contributed by atoms with van der Waals surface area (Å²) < 4.78 is 23.8. The molecule has 6 heterocycles. The van der Waals surface area contributed by atoms with Gasteiger partial charge in [0.2, 0.25) is 0 Å². The van der Waals surface area contributed by atoms with Gasteiger partial charge in [-0.2, -0.15) is 4.98 Å². The Morgan fingerprint density at radius 3 is 2.63 bits per heavy atom. The zero-order chi connectivity index (χ0) is 24.2. The summed E-state index contributed by atoms with van der Waals surface area (Å²) in [6, 6.07) is 4.71. The molecule has 0 spiro atoms. The van der Waals surface area contributed by atoms with Crippen LogP contribution in [0.15, 0.2) is 28.1 Å². The molecule has 10 heteroatoms. The van der Waals surface area contributed by atoms with Gasteiger partial charge in [-0.05, 0) is 39.3 Å². The third-order valence-electron chi connectivity index (χ3n) is 6.69. The van der Waals surface area contributed by atoms with Gasteiger partial charge in [0.15, 0.2) is 11.1 Å². The fourth-order valence-corrected chi connectivity index (χ4v) is 5.74. The second-order valence-corrected chi connectivity index (χ2v) is 11.3. The summed E-state index contributed by atoms with van der Waals surface area (Å²) in [5, 5.41) is 2.84. The van der Waals surface area contributed by atoms with E-state index in [0.717, 1.165) is 35.6 Å². The second-order valence-electron chi connectivity index (χ2n) is 10.4. The highest BCUT2D eigenvalue weighted by atomic mass is 32.1. The molecule has 2 unspecified atom stereocenters. The lowest BCUT2D eigenvalue weighted by atomic mass is 9.88. The van der Waals surface area contributed by atoms with E-state index in [1.165, 1.54) is 0 Å². The standard InChI is InChI=1S/C25H30N4O5S/c1-25(2,3)34-24(30)29-15-12-16(29)14-28(13-15)23-27-20-19(32-17-6-9-31-10-7-17)5-4-18(21(20)33-23)22-26-8-11-35-22/h4-5,8,11,15-17H,6-7,9-10,12-14H2,1-3H3. The fourth-order valence-electron chi connectivity index (χ4n) is 5.08. The van der Waals surface area contributed by atoms with Gasteiger partial charge in [0.25, 0.3) is 6.01 Å². The molecule has 9 nitrogen and oxygen atoms in total. The molecule has 2 aromatic heterocycles. The first-order valence-electron chi connectivity index (χ1n) is 12.2. The predicted octanol–water partition coefficient (Wildman–Crippen LogP) is 4.71. The SMILES string of the molecule is CC(C)(C)OC(=O)N1C2CC1CN(c1nc3c(OC4CCOCC4)ccc(-c4nccs4)c3o1)C2. The van der Waals surface area contributed by atoms with E-state index in [1.807, 2.05) is 43.2 Å². The van der Waals surface area contributed by atoms with Crippen molar-refractivity contribution in [3.63, 3.8) is 0 Å². The molecule has 7 rings (SSSR count). The van der Waals surface area contributed by atoms with E-state index in [4.69, 9.17) is 23.6 Å². The normalized spacial score (nSPS) is 22.8. The van der Waals surface area contributed by atoms with Crippen molar-refractivity contribution in [1.82, 2.24) is 14.9 Å². The van der Waals surface area contributed by atoms with Gasteiger partial charge in [-0.1, -0.05) is 0 Å². The average molecular weight is 499 g/mol. The van der Waals surface area contributed by atoms with Crippen LogP contribution in [0.4, 0.5) is 10.8 Å². The number of ether oxygens (including phenoxy) is 3. The molecule has 4 saturated heterocycles. The maximum absolute atomic E-state index is 12.7. The molecule has 1 aromatic carbocycles. The molecule has 0 N–H and O–H groups in total. The van der Waals surface area contributed by atoms with E-state index in [9.17, 15) is 4.79 Å². The minimum atomic E-state index is -0.506. The first-order valence-corrected chi connectivity index (χ1v) is 13.1. The molecule has 0 aliphatic carbocycles. The number of anilines is 1. The molecular weight excluding hydrogens is 468 g/mol. The molecule has 2 atom stereocenters. The number of carbonyl (C=O) groups excluding carboxylic acids is 1. The van der Waals surface area contributed by atoms with Crippen LogP contribution >= 0.6 is 11.3 Å². The molecule has 2 bridgehead atoms. The van der Waals surface area contributed by atoms with Gasteiger partial charge in [0.1, 0.15) is 22.5 Å². The van der Waals surface area contributed by atoms with Crippen LogP contribution in [-0.2, 0) is 9.47 Å². The number of piperidine rings is 1. The molecule has 4 aliphatic heterocycles. The van der Waals surface area contributed by atoms with Gasteiger partial charge in [-0.3, -0.25) is 4.90 Å². The van der Waals surface area contributed by atoms with Gasteiger partial charge in [0, 0.05) is 37.5 Å². The van der Waals surface area contributed by atoms with E-state index < -0.39 is 5.60 Å². The molecule has 0 radical (unpaired) electrons. The third-order valence-corrected chi connectivity index (χ3v) is 7.49. The molecule has 3 aromatic rings. The molecule has 4 fully saturated rings. The summed E-state index contributed by atoms with van der Waals surface area (Å²) in [5.41, 5.74) is 1.80. The third kappa shape index (κ3) is 4.33. The second kappa shape index (κ2) is 8.67. The number of carbonyl (C=O) groups is 1. The largest absolute Gasteiger partial charge is 0.488 e. The fraction of sp³-hybridized carbons (Fsp3) is 0.560. The van der Waals surface area contributed by atoms with Crippen LogP contribution in [0.2, 0.25) is 0 Å². The summed E-state index contributed by atoms with van der Waals surface area (Å²) in [6.07, 6.45) is 4.33. The summed E-state index contributed by atoms with van der Waals surface area (Å²) >= 11 is 1.56. The van der Waals surface area contributed by atoms with Crippen molar-refractivity contribution in [2.45, 2.75) is 63.8 Å². The number of thiazole rings is 1. The first-order chi connectivity index (χ1) is 16.9. The maximum Gasteiger partial charge on any atom is 0.410 e. The van der Waals surface area contributed by atoms with E-state index in [1.54, 1.807) is 17.5 Å². The van der Waals surface area contributed by atoms with Crippen molar-refractivity contribution in [2.75, 3.05) is 31.2 Å². The number of aromatic nitrogens is 2. The zero-order valence-electron chi connectivity index (χ0n) is 20.2. The highest BCUT2D eigenvalue weighted by molar-refractivity contribution is 7.13. The van der Waals surface area contributed by atoms with Crippen LogP contribution in [0.5, 0.6) is 5.75 Å². The number of benzene rings is 1. The number of nitrogens with zero attached hydrogens (tertiary/aromatic N) is 4. The van der Waals surface area contributed by atoms with Gasteiger partial charge in [-0.25, -0.2) is 9.78 Å². The van der Waals surface area contributed by atoms with Crippen LogP contribution in [0, 0.1) is 0 Å². The molecule has 4 aliphatic rings. The summed E-state index contributed by atoms with van der Waals surface area (Å²) in [6.45, 7) is 8.41. The van der Waals surface area contributed by atoms with Crippen molar-refractivity contribution >= 4 is 34.5 Å². The quantitative estimate of drug-likeness (QED) is 0.511. The Labute approximate surface area is 208 Å². The van der Waals surface area contributed by atoms with E-state index in [-0.39, 0.29) is 24.3 Å². The van der Waals surface area contributed by atoms with Gasteiger partial charge >= 0.3 is 6.09 Å². The van der Waals surface area contributed by atoms with Gasteiger partial charge < -0.3 is 23.5 Å². The Bertz CT molecular complexity index is 1200. The van der Waals surface area contributed by atoms with Crippen LogP contribution in [0.3, 0.4) is 0 Å². The van der Waals surface area contributed by atoms with Crippen LogP contribution in [0.1, 0.15) is 40.0 Å². The summed E-state index contributed by atoms with van der Waals surface area (Å²) in [4.78, 5) is 26.0. The average Bonchev–Trinajstić information content (AvgIpc) is 3.50. The minimum Gasteiger partial charge on any atom is -0.488 e. The number of hydrogen-bond acceptors (Lipinski definition) is 9. The highest BCUT2D eigenvalue weighted by Crippen LogP contribution is 2.41. The van der Waals surface area contributed by atoms with Crippen molar-refractivity contribution in [3.05, 3.63) is 23.7 Å². The smallest absolute Gasteiger partial charge is 0.410 e. The Morgan fingerprint density at radius 1 is 1.17 bits per heavy atom. The highest BCUT2D eigenvalue weighted by Gasteiger charge is 2.49. The van der Waals surface area contributed by atoms with Crippen LogP contribution in [0.25, 0.3) is 21.7 Å². The monoisotopic (exact) mass is 498 g/mol. The molecule has 186 valence electrons. The van der Waals surface area contributed by atoms with Crippen LogP contribution < -0.4 is 9.64 Å². The van der Waals surface area contributed by atoms with E-state index in [0.29, 0.717) is 43.4 Å². The summed E-state index contributed by atoms with van der Waals surface area (Å²) in [7, 11) is 0. The number of fused-ring (bicyclic) bond motifs is 3. The Morgan fingerprint density at radius 2 is 1.94 bits per heavy atom. The number of piperazine rings is 1. The number of oxazole rings is 1. The van der Waals surface area contributed by atoms with Crippen molar-refractivity contribution < 1.29 is 23.4 Å². The lowest BCUT2D eigenvalue weighted by Gasteiger charge is -2.55. The van der Waals surface area contributed by atoms with Gasteiger partial charge in [0.05, 0.1) is 30.9 Å².